The second-order valence-electron chi connectivity index (χ2n) is 7.74. The first-order valence-corrected chi connectivity index (χ1v) is 11.1. The van der Waals surface area contributed by atoms with Crippen LogP contribution in [0.4, 0.5) is 0 Å². The number of halogens is 1. The third-order valence-corrected chi connectivity index (χ3v) is 7.64. The Morgan fingerprint density at radius 3 is 2.84 bits per heavy atom. The van der Waals surface area contributed by atoms with Gasteiger partial charge in [-0.15, -0.1) is 0 Å². The van der Waals surface area contributed by atoms with Crippen LogP contribution in [0.15, 0.2) is 18.2 Å². The molecule has 1 aliphatic carbocycles. The predicted octanol–water partition coefficient (Wildman–Crippen LogP) is 4.15. The van der Waals surface area contributed by atoms with Crippen LogP contribution in [0.1, 0.15) is 49.7 Å². The van der Waals surface area contributed by atoms with Crippen molar-refractivity contribution in [3.63, 3.8) is 0 Å². The Bertz CT molecular complexity index is 661. The summed E-state index contributed by atoms with van der Waals surface area (Å²) in [6.45, 7) is 5.40. The molecule has 0 N–H and O–H groups in total. The molecule has 2 heterocycles. The van der Waals surface area contributed by atoms with Crippen molar-refractivity contribution < 1.29 is 4.79 Å². The summed E-state index contributed by atoms with van der Waals surface area (Å²) in [6.07, 6.45) is 5.60. The minimum absolute atomic E-state index is 0.00560. The highest BCUT2D eigenvalue weighted by Gasteiger charge is 2.45. The molecular formula is C20H27ClN2OS. The number of carbonyl (C=O) groups excluding carboxylic acids is 1. The molecule has 0 aromatic heterocycles. The lowest BCUT2D eigenvalue weighted by atomic mass is 9.81. The molecule has 0 spiro atoms. The molecule has 2 atom stereocenters. The SMILES string of the molecule is CC1(N2CCCC2)CSCCN1C(=O)C1CCCc2cc(Cl)ccc21. The lowest BCUT2D eigenvalue weighted by molar-refractivity contribution is -0.145. The van der Waals surface area contributed by atoms with Crippen LogP contribution in [-0.4, -0.2) is 52.5 Å². The predicted molar refractivity (Wildman–Crippen MR) is 105 cm³/mol. The Hall–Kier alpha value is -0.710. The molecule has 2 saturated heterocycles. The van der Waals surface area contributed by atoms with Crippen molar-refractivity contribution in [1.82, 2.24) is 9.80 Å². The summed E-state index contributed by atoms with van der Waals surface area (Å²) in [7, 11) is 0. The second-order valence-corrected chi connectivity index (χ2v) is 9.28. The average Bonchev–Trinajstić information content (AvgIpc) is 3.16. The first-order chi connectivity index (χ1) is 12.1. The van der Waals surface area contributed by atoms with E-state index < -0.39 is 0 Å². The van der Waals surface area contributed by atoms with Crippen LogP contribution in [0.3, 0.4) is 0 Å². The highest BCUT2D eigenvalue weighted by atomic mass is 35.5. The summed E-state index contributed by atoms with van der Waals surface area (Å²) in [6, 6.07) is 6.09. The van der Waals surface area contributed by atoms with Gasteiger partial charge in [0.2, 0.25) is 5.91 Å². The maximum atomic E-state index is 13.6. The van der Waals surface area contributed by atoms with Gasteiger partial charge in [-0.1, -0.05) is 17.7 Å². The van der Waals surface area contributed by atoms with Gasteiger partial charge in [-0.3, -0.25) is 9.69 Å². The van der Waals surface area contributed by atoms with Gasteiger partial charge >= 0.3 is 0 Å². The van der Waals surface area contributed by atoms with E-state index in [1.54, 1.807) is 0 Å². The van der Waals surface area contributed by atoms with Crippen molar-refractivity contribution in [2.24, 2.45) is 0 Å². The molecule has 3 aliphatic rings. The van der Waals surface area contributed by atoms with Crippen LogP contribution in [-0.2, 0) is 11.2 Å². The minimum atomic E-state index is -0.124. The molecule has 1 aromatic rings. The monoisotopic (exact) mass is 378 g/mol. The number of benzene rings is 1. The van der Waals surface area contributed by atoms with Crippen molar-refractivity contribution in [2.45, 2.75) is 50.6 Å². The van der Waals surface area contributed by atoms with E-state index in [4.69, 9.17) is 11.6 Å². The largest absolute Gasteiger partial charge is 0.322 e. The number of carbonyl (C=O) groups is 1. The van der Waals surface area contributed by atoms with Gasteiger partial charge in [0.15, 0.2) is 0 Å². The lowest BCUT2D eigenvalue weighted by Gasteiger charge is -2.51. The molecule has 1 aromatic carbocycles. The van der Waals surface area contributed by atoms with Crippen molar-refractivity contribution in [3.05, 3.63) is 34.3 Å². The molecule has 4 rings (SSSR count). The third-order valence-electron chi connectivity index (χ3n) is 6.19. The fourth-order valence-electron chi connectivity index (χ4n) is 4.78. The fraction of sp³-hybridized carbons (Fsp3) is 0.650. The Kier molecular flexibility index (Phi) is 5.04. The van der Waals surface area contributed by atoms with Crippen molar-refractivity contribution >= 4 is 29.3 Å². The van der Waals surface area contributed by atoms with Gasteiger partial charge in [-0.2, -0.15) is 11.8 Å². The number of thioether (sulfide) groups is 1. The molecule has 2 aliphatic heterocycles. The Labute approximate surface area is 160 Å². The van der Waals surface area contributed by atoms with E-state index in [1.807, 2.05) is 17.8 Å². The number of likely N-dealkylation sites (tertiary alicyclic amines) is 1. The summed E-state index contributed by atoms with van der Waals surface area (Å²) < 4.78 is 0. The minimum Gasteiger partial charge on any atom is -0.322 e. The molecule has 3 nitrogen and oxygen atoms in total. The van der Waals surface area contributed by atoms with Gasteiger partial charge in [-0.05, 0) is 62.3 Å². The van der Waals surface area contributed by atoms with E-state index in [2.05, 4.69) is 28.9 Å². The number of aryl methyl sites for hydroxylation is 1. The van der Waals surface area contributed by atoms with Crippen molar-refractivity contribution in [2.75, 3.05) is 31.1 Å². The molecule has 25 heavy (non-hydrogen) atoms. The Balaban J connectivity index is 1.63. The van der Waals surface area contributed by atoms with Crippen LogP contribution >= 0.6 is 23.4 Å². The molecule has 5 heteroatoms. The van der Waals surface area contributed by atoms with E-state index >= 15 is 0 Å². The number of nitrogens with zero attached hydrogens (tertiary/aromatic N) is 2. The lowest BCUT2D eigenvalue weighted by Crippen LogP contribution is -2.64. The molecule has 0 radical (unpaired) electrons. The van der Waals surface area contributed by atoms with E-state index in [1.165, 1.54) is 24.0 Å². The van der Waals surface area contributed by atoms with Gasteiger partial charge < -0.3 is 4.90 Å². The zero-order valence-corrected chi connectivity index (χ0v) is 16.5. The van der Waals surface area contributed by atoms with Crippen LogP contribution in [0.2, 0.25) is 5.02 Å². The maximum Gasteiger partial charge on any atom is 0.231 e. The zero-order valence-electron chi connectivity index (χ0n) is 15.0. The van der Waals surface area contributed by atoms with Gasteiger partial charge in [0, 0.05) is 36.2 Å². The Morgan fingerprint density at radius 1 is 1.24 bits per heavy atom. The van der Waals surface area contributed by atoms with E-state index in [0.29, 0.717) is 5.91 Å². The number of hydrogen-bond donors (Lipinski definition) is 0. The Morgan fingerprint density at radius 2 is 2.04 bits per heavy atom. The zero-order chi connectivity index (χ0) is 17.4. The second kappa shape index (κ2) is 7.13. The molecule has 0 bridgehead atoms. The van der Waals surface area contributed by atoms with Gasteiger partial charge in [0.05, 0.1) is 5.92 Å². The smallest absolute Gasteiger partial charge is 0.231 e. The topological polar surface area (TPSA) is 23.6 Å². The number of amides is 1. The molecular weight excluding hydrogens is 352 g/mol. The van der Waals surface area contributed by atoms with E-state index in [-0.39, 0.29) is 11.6 Å². The molecule has 0 saturated carbocycles. The average molecular weight is 379 g/mol. The van der Waals surface area contributed by atoms with Crippen molar-refractivity contribution in [3.8, 4) is 0 Å². The van der Waals surface area contributed by atoms with Gasteiger partial charge in [0.1, 0.15) is 5.66 Å². The van der Waals surface area contributed by atoms with Crippen LogP contribution in [0.25, 0.3) is 0 Å². The van der Waals surface area contributed by atoms with Crippen LogP contribution < -0.4 is 0 Å². The highest BCUT2D eigenvalue weighted by molar-refractivity contribution is 7.99. The summed E-state index contributed by atoms with van der Waals surface area (Å²) in [5, 5.41) is 0.781. The van der Waals surface area contributed by atoms with E-state index in [9.17, 15) is 4.79 Å². The maximum absolute atomic E-state index is 13.6. The molecule has 2 unspecified atom stereocenters. The standard InChI is InChI=1S/C20H27ClN2OS/c1-20(22-9-2-3-10-22)14-25-12-11-23(20)19(24)18-6-4-5-15-13-16(21)7-8-17(15)18/h7-8,13,18H,2-6,9-12,14H2,1H3. The van der Waals surface area contributed by atoms with E-state index in [0.717, 1.165) is 55.4 Å². The quantitative estimate of drug-likeness (QED) is 0.772. The van der Waals surface area contributed by atoms with Gasteiger partial charge in [-0.25, -0.2) is 0 Å². The van der Waals surface area contributed by atoms with Crippen LogP contribution in [0.5, 0.6) is 0 Å². The molecule has 136 valence electrons. The molecule has 2 fully saturated rings. The van der Waals surface area contributed by atoms with Crippen molar-refractivity contribution in [1.29, 1.82) is 0 Å². The summed E-state index contributed by atoms with van der Waals surface area (Å²) >= 11 is 8.17. The number of hydrogen-bond acceptors (Lipinski definition) is 3. The molecule has 1 amide bonds. The first kappa shape index (κ1) is 17.7. The first-order valence-electron chi connectivity index (χ1n) is 9.52. The highest BCUT2D eigenvalue weighted by Crippen LogP contribution is 2.39. The fourth-order valence-corrected chi connectivity index (χ4v) is 6.15. The summed E-state index contributed by atoms with van der Waals surface area (Å²) in [4.78, 5) is 18.4. The summed E-state index contributed by atoms with van der Waals surface area (Å²) in [5.74, 6) is 2.41. The van der Waals surface area contributed by atoms with Crippen LogP contribution in [0, 0.1) is 0 Å². The van der Waals surface area contributed by atoms with Gasteiger partial charge in [0.25, 0.3) is 0 Å². The number of fused-ring (bicyclic) bond motifs is 1. The third kappa shape index (κ3) is 3.22. The number of rotatable bonds is 2. The summed E-state index contributed by atoms with van der Waals surface area (Å²) in [5.41, 5.74) is 2.36. The normalized spacial score (nSPS) is 30.3.